The molecule has 4 heteroatoms. The number of nitrogens with zero attached hydrogens (tertiary/aromatic N) is 2. The minimum Gasteiger partial charge on any atom is -0.309 e. The molecule has 1 aromatic heterocycles. The molecule has 4 nitrogen and oxygen atoms in total. The van der Waals surface area contributed by atoms with E-state index in [1.54, 1.807) is 0 Å². The summed E-state index contributed by atoms with van der Waals surface area (Å²) in [4.78, 5) is 0. The minimum atomic E-state index is 0.396. The van der Waals surface area contributed by atoms with E-state index in [4.69, 9.17) is 0 Å². The smallest absolute Gasteiger partial charge is 0.0993 e. The Labute approximate surface area is 109 Å². The molecule has 2 aliphatic carbocycles. The van der Waals surface area contributed by atoms with Crippen LogP contribution in [-0.4, -0.2) is 22.0 Å². The first kappa shape index (κ1) is 12.2. The SMILES string of the molecule is CCCNC(CC1CC2CCC1C2)c1cn[nH]n1. The highest BCUT2D eigenvalue weighted by atomic mass is 15.3. The van der Waals surface area contributed by atoms with Gasteiger partial charge in [0.25, 0.3) is 0 Å². The Hall–Kier alpha value is -0.900. The van der Waals surface area contributed by atoms with Gasteiger partial charge >= 0.3 is 0 Å². The average molecular weight is 248 g/mol. The van der Waals surface area contributed by atoms with Crippen LogP contribution in [0.3, 0.4) is 0 Å². The molecule has 1 aromatic rings. The van der Waals surface area contributed by atoms with Gasteiger partial charge in [-0.15, -0.1) is 0 Å². The lowest BCUT2D eigenvalue weighted by Gasteiger charge is -2.26. The molecule has 0 spiro atoms. The summed E-state index contributed by atoms with van der Waals surface area (Å²) >= 11 is 0. The number of aromatic amines is 1. The zero-order valence-electron chi connectivity index (χ0n) is 11.2. The molecule has 1 heterocycles. The van der Waals surface area contributed by atoms with E-state index < -0.39 is 0 Å². The van der Waals surface area contributed by atoms with Crippen LogP contribution in [0.15, 0.2) is 6.20 Å². The Balaban J connectivity index is 1.62. The molecule has 0 radical (unpaired) electrons. The van der Waals surface area contributed by atoms with Crippen molar-refractivity contribution < 1.29 is 0 Å². The van der Waals surface area contributed by atoms with E-state index in [0.29, 0.717) is 6.04 Å². The van der Waals surface area contributed by atoms with E-state index in [0.717, 1.165) is 30.0 Å². The first-order valence-corrected chi connectivity index (χ1v) is 7.46. The molecular weight excluding hydrogens is 224 g/mol. The van der Waals surface area contributed by atoms with Crippen molar-refractivity contribution in [2.45, 2.75) is 51.5 Å². The van der Waals surface area contributed by atoms with Gasteiger partial charge in [-0.25, -0.2) is 0 Å². The third-order valence-electron chi connectivity index (χ3n) is 4.85. The molecule has 4 unspecified atom stereocenters. The van der Waals surface area contributed by atoms with Crippen molar-refractivity contribution in [2.24, 2.45) is 17.8 Å². The number of rotatable bonds is 6. The molecule has 2 aliphatic rings. The molecule has 4 atom stereocenters. The molecular formula is C14H24N4. The molecule has 2 N–H and O–H groups in total. The number of nitrogens with one attached hydrogen (secondary N) is 2. The molecule has 2 bridgehead atoms. The van der Waals surface area contributed by atoms with Crippen molar-refractivity contribution >= 4 is 0 Å². The lowest BCUT2D eigenvalue weighted by atomic mass is 9.83. The molecule has 2 fully saturated rings. The summed E-state index contributed by atoms with van der Waals surface area (Å²) in [5.41, 5.74) is 1.09. The highest BCUT2D eigenvalue weighted by Crippen LogP contribution is 2.50. The van der Waals surface area contributed by atoms with Crippen LogP contribution in [0.4, 0.5) is 0 Å². The van der Waals surface area contributed by atoms with Gasteiger partial charge in [0.2, 0.25) is 0 Å². The van der Waals surface area contributed by atoms with Crippen LogP contribution >= 0.6 is 0 Å². The van der Waals surface area contributed by atoms with Crippen LogP contribution in [0.1, 0.15) is 57.2 Å². The molecule has 0 aromatic carbocycles. The lowest BCUT2D eigenvalue weighted by molar-refractivity contribution is 0.277. The zero-order valence-corrected chi connectivity index (χ0v) is 11.2. The van der Waals surface area contributed by atoms with Crippen molar-refractivity contribution in [3.8, 4) is 0 Å². The predicted molar refractivity (Wildman–Crippen MR) is 71.0 cm³/mol. The van der Waals surface area contributed by atoms with Gasteiger partial charge in [-0.2, -0.15) is 15.4 Å². The first-order chi connectivity index (χ1) is 8.86. The summed E-state index contributed by atoms with van der Waals surface area (Å²) < 4.78 is 0. The van der Waals surface area contributed by atoms with Gasteiger partial charge in [0.1, 0.15) is 0 Å². The topological polar surface area (TPSA) is 53.6 Å². The van der Waals surface area contributed by atoms with Crippen LogP contribution < -0.4 is 5.32 Å². The second-order valence-corrected chi connectivity index (χ2v) is 6.07. The van der Waals surface area contributed by atoms with E-state index in [2.05, 4.69) is 27.7 Å². The fourth-order valence-electron chi connectivity index (χ4n) is 3.97. The Morgan fingerprint density at radius 3 is 3.00 bits per heavy atom. The third-order valence-corrected chi connectivity index (χ3v) is 4.85. The van der Waals surface area contributed by atoms with Crippen molar-refractivity contribution in [1.82, 2.24) is 20.7 Å². The van der Waals surface area contributed by atoms with Crippen molar-refractivity contribution in [1.29, 1.82) is 0 Å². The Morgan fingerprint density at radius 1 is 1.44 bits per heavy atom. The van der Waals surface area contributed by atoms with Gasteiger partial charge in [0.05, 0.1) is 17.9 Å². The standard InChI is InChI=1S/C14H24N4/c1-2-5-15-13(14-9-16-18-17-14)8-12-7-10-3-4-11(12)6-10/h9-13,15H,2-8H2,1H3,(H,16,17,18). The fraction of sp³-hybridized carbons (Fsp3) is 0.857. The van der Waals surface area contributed by atoms with Gasteiger partial charge in [-0.05, 0) is 56.4 Å². The van der Waals surface area contributed by atoms with Crippen LogP contribution in [0.2, 0.25) is 0 Å². The van der Waals surface area contributed by atoms with Gasteiger partial charge in [-0.3, -0.25) is 0 Å². The zero-order chi connectivity index (χ0) is 12.4. The van der Waals surface area contributed by atoms with E-state index in [9.17, 15) is 0 Å². The Kier molecular flexibility index (Phi) is 3.64. The maximum absolute atomic E-state index is 4.28. The molecule has 2 saturated carbocycles. The summed E-state index contributed by atoms with van der Waals surface area (Å²) in [5, 5.41) is 14.6. The molecule has 3 rings (SSSR count). The third kappa shape index (κ3) is 2.44. The van der Waals surface area contributed by atoms with Crippen LogP contribution in [-0.2, 0) is 0 Å². The van der Waals surface area contributed by atoms with Crippen molar-refractivity contribution in [3.05, 3.63) is 11.9 Å². The second-order valence-electron chi connectivity index (χ2n) is 6.07. The highest BCUT2D eigenvalue weighted by molar-refractivity contribution is 5.02. The fourth-order valence-corrected chi connectivity index (χ4v) is 3.97. The van der Waals surface area contributed by atoms with Crippen molar-refractivity contribution in [2.75, 3.05) is 6.54 Å². The Bertz CT molecular complexity index is 362. The maximum Gasteiger partial charge on any atom is 0.0993 e. The normalized spacial score (nSPS) is 31.9. The van der Waals surface area contributed by atoms with Gasteiger partial charge in [0, 0.05) is 0 Å². The number of hydrogen-bond donors (Lipinski definition) is 2. The number of hydrogen-bond acceptors (Lipinski definition) is 3. The summed E-state index contributed by atoms with van der Waals surface area (Å²) in [6, 6.07) is 0.396. The summed E-state index contributed by atoms with van der Waals surface area (Å²) in [6.07, 6.45) is 10.2. The first-order valence-electron chi connectivity index (χ1n) is 7.46. The van der Waals surface area contributed by atoms with Gasteiger partial charge in [-0.1, -0.05) is 13.3 Å². The van der Waals surface area contributed by atoms with E-state index in [1.165, 1.54) is 38.5 Å². The van der Waals surface area contributed by atoms with Crippen LogP contribution in [0, 0.1) is 17.8 Å². The molecule has 18 heavy (non-hydrogen) atoms. The number of fused-ring (bicyclic) bond motifs is 2. The van der Waals surface area contributed by atoms with Crippen LogP contribution in [0.5, 0.6) is 0 Å². The van der Waals surface area contributed by atoms with E-state index >= 15 is 0 Å². The number of H-pyrrole nitrogens is 1. The largest absolute Gasteiger partial charge is 0.309 e. The minimum absolute atomic E-state index is 0.396. The van der Waals surface area contributed by atoms with Gasteiger partial charge < -0.3 is 5.32 Å². The van der Waals surface area contributed by atoms with Gasteiger partial charge in [0.15, 0.2) is 0 Å². The maximum atomic E-state index is 4.28. The summed E-state index contributed by atoms with van der Waals surface area (Å²) in [7, 11) is 0. The number of aromatic nitrogens is 3. The molecule has 100 valence electrons. The summed E-state index contributed by atoms with van der Waals surface area (Å²) in [6.45, 7) is 3.28. The summed E-state index contributed by atoms with van der Waals surface area (Å²) in [5.74, 6) is 2.94. The monoisotopic (exact) mass is 248 g/mol. The lowest BCUT2D eigenvalue weighted by Crippen LogP contribution is -2.26. The van der Waals surface area contributed by atoms with Crippen molar-refractivity contribution in [3.63, 3.8) is 0 Å². The van der Waals surface area contributed by atoms with E-state index in [-0.39, 0.29) is 0 Å². The molecule has 0 aliphatic heterocycles. The van der Waals surface area contributed by atoms with Crippen LogP contribution in [0.25, 0.3) is 0 Å². The molecule has 0 amide bonds. The molecule has 0 saturated heterocycles. The second kappa shape index (κ2) is 5.39. The average Bonchev–Trinajstić information content (AvgIpc) is 3.09. The Morgan fingerprint density at radius 2 is 2.39 bits per heavy atom. The highest BCUT2D eigenvalue weighted by Gasteiger charge is 2.40. The quantitative estimate of drug-likeness (QED) is 0.813. The predicted octanol–water partition coefficient (Wildman–Crippen LogP) is 2.67. The van der Waals surface area contributed by atoms with E-state index in [1.807, 2.05) is 6.20 Å².